The molecule has 1 aliphatic rings. The van der Waals surface area contributed by atoms with E-state index in [9.17, 15) is 22.4 Å². The fraction of sp³-hybridized carbons (Fsp3) is 0.500. The van der Waals surface area contributed by atoms with E-state index in [1.807, 2.05) is 6.92 Å². The number of amides is 2. The average Bonchev–Trinajstić information content (AvgIpc) is 2.88. The summed E-state index contributed by atoms with van der Waals surface area (Å²) in [6, 6.07) is 3.96. The van der Waals surface area contributed by atoms with Crippen LogP contribution in [0.5, 0.6) is 0 Å². The number of hydrogen-bond acceptors (Lipinski definition) is 4. The Morgan fingerprint density at radius 1 is 1.31 bits per heavy atom. The number of halogens is 2. The van der Waals surface area contributed by atoms with E-state index in [1.165, 1.54) is 12.1 Å². The van der Waals surface area contributed by atoms with E-state index in [0.29, 0.717) is 22.3 Å². The summed E-state index contributed by atoms with van der Waals surface area (Å²) in [5.74, 6) is -1.20. The molecule has 2 atom stereocenters. The van der Waals surface area contributed by atoms with Gasteiger partial charge in [0.25, 0.3) is 11.8 Å². The van der Waals surface area contributed by atoms with Crippen LogP contribution in [0.3, 0.4) is 0 Å². The highest BCUT2D eigenvalue weighted by molar-refractivity contribution is 9.10. The van der Waals surface area contributed by atoms with Crippen molar-refractivity contribution in [2.45, 2.75) is 19.4 Å². The number of sulfone groups is 1. The van der Waals surface area contributed by atoms with Crippen LogP contribution < -0.4 is 15.5 Å². The lowest BCUT2D eigenvalue weighted by atomic mass is 10.2. The second-order valence-corrected chi connectivity index (χ2v) is 9.44. The Labute approximate surface area is 160 Å². The highest BCUT2D eigenvalue weighted by atomic mass is 79.9. The highest BCUT2D eigenvalue weighted by Gasteiger charge is 2.29. The third-order valence-electron chi connectivity index (χ3n) is 4.12. The van der Waals surface area contributed by atoms with Crippen molar-refractivity contribution in [3.8, 4) is 0 Å². The van der Waals surface area contributed by atoms with Gasteiger partial charge in [0.05, 0.1) is 23.7 Å². The zero-order chi connectivity index (χ0) is 19.3. The Morgan fingerprint density at radius 3 is 2.58 bits per heavy atom. The fourth-order valence-corrected chi connectivity index (χ4v) is 4.75. The van der Waals surface area contributed by atoms with Gasteiger partial charge in [-0.05, 0) is 31.5 Å². The number of carbonyl (C=O) groups is 2. The molecule has 1 aromatic carbocycles. The molecule has 0 aliphatic carbocycles. The number of nitrogens with one attached hydrogen (secondary N) is 3. The zero-order valence-electron chi connectivity index (χ0n) is 14.3. The first-order valence-electron chi connectivity index (χ1n) is 8.26. The molecule has 1 aliphatic heterocycles. The molecule has 1 aromatic rings. The molecule has 0 aromatic heterocycles. The number of quaternary nitrogens is 1. The van der Waals surface area contributed by atoms with E-state index in [2.05, 4.69) is 26.6 Å². The minimum atomic E-state index is -3.06. The third-order valence-corrected chi connectivity index (χ3v) is 6.39. The maximum atomic E-state index is 13.8. The molecular weight excluding hydrogens is 429 g/mol. The first kappa shape index (κ1) is 20.8. The van der Waals surface area contributed by atoms with Gasteiger partial charge in [0.1, 0.15) is 5.82 Å². The lowest BCUT2D eigenvalue weighted by Gasteiger charge is -2.18. The molecule has 0 saturated carbocycles. The number of carbonyl (C=O) groups excluding carboxylic acids is 2. The predicted octanol–water partition coefficient (Wildman–Crippen LogP) is -0.265. The average molecular weight is 451 g/mol. The van der Waals surface area contributed by atoms with Gasteiger partial charge in [-0.1, -0.05) is 15.9 Å². The maximum absolute atomic E-state index is 13.8. The number of anilines is 1. The minimum Gasteiger partial charge on any atom is -0.347 e. The van der Waals surface area contributed by atoms with Crippen LogP contribution in [0, 0.1) is 5.82 Å². The van der Waals surface area contributed by atoms with E-state index in [4.69, 9.17) is 0 Å². The van der Waals surface area contributed by atoms with Gasteiger partial charge < -0.3 is 15.5 Å². The topological polar surface area (TPSA) is 96.8 Å². The summed E-state index contributed by atoms with van der Waals surface area (Å²) in [7, 11) is -3.06. The van der Waals surface area contributed by atoms with Gasteiger partial charge >= 0.3 is 0 Å². The maximum Gasteiger partial charge on any atom is 0.279 e. The molecule has 7 nitrogen and oxygen atoms in total. The van der Waals surface area contributed by atoms with Crippen LogP contribution in [0.15, 0.2) is 22.7 Å². The van der Waals surface area contributed by atoms with E-state index in [1.54, 1.807) is 6.07 Å². The normalized spacial score (nSPS) is 19.7. The summed E-state index contributed by atoms with van der Waals surface area (Å²) in [6.45, 7) is 2.40. The molecule has 1 heterocycles. The van der Waals surface area contributed by atoms with Gasteiger partial charge in [-0.25, -0.2) is 12.8 Å². The standard InChI is InChI=1S/C16H21BrFN3O4S/c1-2-21(8-15(22)19-12-5-6-26(24,25)10-12)9-16(23)20-14-4-3-11(17)7-13(14)18/h3-4,7,12H,2,5-6,8-10H2,1H3,(H,19,22)(H,20,23)/p+1/t12-/m0/s1. The molecule has 0 radical (unpaired) electrons. The molecular formula is C16H22BrFN3O4S+. The largest absolute Gasteiger partial charge is 0.347 e. The quantitative estimate of drug-likeness (QED) is 0.532. The van der Waals surface area contributed by atoms with Crippen molar-refractivity contribution < 1.29 is 27.3 Å². The van der Waals surface area contributed by atoms with E-state index in [0.717, 1.165) is 0 Å². The molecule has 3 N–H and O–H groups in total. The van der Waals surface area contributed by atoms with E-state index >= 15 is 0 Å². The Balaban J connectivity index is 1.84. The van der Waals surface area contributed by atoms with Crippen molar-refractivity contribution in [3.63, 3.8) is 0 Å². The highest BCUT2D eigenvalue weighted by Crippen LogP contribution is 2.19. The van der Waals surface area contributed by atoms with Crippen LogP contribution in [-0.2, 0) is 19.4 Å². The van der Waals surface area contributed by atoms with Crippen LogP contribution >= 0.6 is 15.9 Å². The molecule has 144 valence electrons. The molecule has 10 heteroatoms. The van der Waals surface area contributed by atoms with Crippen molar-refractivity contribution in [1.82, 2.24) is 5.32 Å². The van der Waals surface area contributed by atoms with Crippen molar-refractivity contribution >= 4 is 43.3 Å². The molecule has 0 spiro atoms. The van der Waals surface area contributed by atoms with Crippen LogP contribution in [-0.4, -0.2) is 57.4 Å². The van der Waals surface area contributed by atoms with Gasteiger partial charge in [-0.3, -0.25) is 9.59 Å². The van der Waals surface area contributed by atoms with Crippen LogP contribution in [0.25, 0.3) is 0 Å². The fourth-order valence-electron chi connectivity index (χ4n) is 2.74. The number of rotatable bonds is 7. The molecule has 1 saturated heterocycles. The van der Waals surface area contributed by atoms with Gasteiger partial charge in [0.2, 0.25) is 0 Å². The summed E-state index contributed by atoms with van der Waals surface area (Å²) in [5.41, 5.74) is 0.0780. The first-order chi connectivity index (χ1) is 12.2. The van der Waals surface area contributed by atoms with Crippen molar-refractivity contribution in [2.75, 3.05) is 36.5 Å². The van der Waals surface area contributed by atoms with E-state index in [-0.39, 0.29) is 42.2 Å². The first-order valence-corrected chi connectivity index (χ1v) is 10.9. The minimum absolute atomic E-state index is 0.00237. The Bertz CT molecular complexity index is 788. The molecule has 2 rings (SSSR count). The number of likely N-dealkylation sites (N-methyl/N-ethyl adjacent to an activating group) is 1. The lowest BCUT2D eigenvalue weighted by molar-refractivity contribution is -0.881. The Morgan fingerprint density at radius 2 is 2.00 bits per heavy atom. The molecule has 1 fully saturated rings. The van der Waals surface area contributed by atoms with Crippen molar-refractivity contribution in [1.29, 1.82) is 0 Å². The SMILES string of the molecule is CC[NH+](CC(=O)Nc1ccc(Br)cc1F)CC(=O)N[C@H]1CCS(=O)(=O)C1. The summed E-state index contributed by atoms with van der Waals surface area (Å²) in [4.78, 5) is 24.9. The van der Waals surface area contributed by atoms with Crippen molar-refractivity contribution in [2.24, 2.45) is 0 Å². The monoisotopic (exact) mass is 450 g/mol. The van der Waals surface area contributed by atoms with Gasteiger partial charge in [-0.2, -0.15) is 0 Å². The van der Waals surface area contributed by atoms with Crippen molar-refractivity contribution in [3.05, 3.63) is 28.5 Å². The zero-order valence-corrected chi connectivity index (χ0v) is 16.8. The van der Waals surface area contributed by atoms with Crippen LogP contribution in [0.1, 0.15) is 13.3 Å². The lowest BCUT2D eigenvalue weighted by Crippen LogP contribution is -3.14. The van der Waals surface area contributed by atoms with Crippen LogP contribution in [0.4, 0.5) is 10.1 Å². The number of benzene rings is 1. The Kier molecular flexibility index (Phi) is 7.13. The predicted molar refractivity (Wildman–Crippen MR) is 99.2 cm³/mol. The summed E-state index contributed by atoms with van der Waals surface area (Å²) in [5, 5.41) is 5.19. The van der Waals surface area contributed by atoms with E-state index < -0.39 is 21.6 Å². The third kappa shape index (κ3) is 6.33. The molecule has 26 heavy (non-hydrogen) atoms. The van der Waals surface area contributed by atoms with Gasteiger partial charge in [0.15, 0.2) is 22.9 Å². The second kappa shape index (κ2) is 8.92. The second-order valence-electron chi connectivity index (χ2n) is 6.30. The summed E-state index contributed by atoms with van der Waals surface area (Å²) >= 11 is 3.14. The Hall–Kier alpha value is -1.52. The number of hydrogen-bond donors (Lipinski definition) is 3. The summed E-state index contributed by atoms with van der Waals surface area (Å²) < 4.78 is 37.2. The smallest absolute Gasteiger partial charge is 0.279 e. The molecule has 0 bridgehead atoms. The van der Waals surface area contributed by atoms with Gasteiger partial charge in [-0.15, -0.1) is 0 Å². The van der Waals surface area contributed by atoms with Crippen LogP contribution in [0.2, 0.25) is 0 Å². The van der Waals surface area contributed by atoms with Gasteiger partial charge in [0, 0.05) is 10.5 Å². The molecule has 1 unspecified atom stereocenters. The summed E-state index contributed by atoms with van der Waals surface area (Å²) in [6.07, 6.45) is 0.416. The molecule has 2 amide bonds.